The highest BCUT2D eigenvalue weighted by Crippen LogP contribution is 2.18. The van der Waals surface area contributed by atoms with Crippen LogP contribution >= 0.6 is 0 Å². The van der Waals surface area contributed by atoms with E-state index in [0.717, 1.165) is 31.8 Å². The van der Waals surface area contributed by atoms with E-state index in [1.807, 2.05) is 42.3 Å². The molecular weight excluding hydrogens is 280 g/mol. The molecule has 1 saturated heterocycles. The molecule has 3 rings (SSSR count). The van der Waals surface area contributed by atoms with Crippen LogP contribution in [0.5, 0.6) is 5.75 Å². The number of nitrogens with zero attached hydrogens (tertiary/aromatic N) is 4. The maximum Gasteiger partial charge on any atom is 0.157 e. The van der Waals surface area contributed by atoms with Gasteiger partial charge < -0.3 is 9.84 Å². The van der Waals surface area contributed by atoms with Crippen molar-refractivity contribution in [3.8, 4) is 5.75 Å². The number of aromatic nitrogens is 3. The number of hydrogen-bond donors (Lipinski definition) is 1. The fourth-order valence-electron chi connectivity index (χ4n) is 2.72. The highest BCUT2D eigenvalue weighted by Gasteiger charge is 2.32. The van der Waals surface area contributed by atoms with E-state index in [1.165, 1.54) is 5.56 Å². The van der Waals surface area contributed by atoms with Gasteiger partial charge in [-0.05, 0) is 31.0 Å². The van der Waals surface area contributed by atoms with Crippen molar-refractivity contribution in [3.05, 3.63) is 42.5 Å². The van der Waals surface area contributed by atoms with Crippen molar-refractivity contribution in [1.82, 2.24) is 19.7 Å². The third-order valence-corrected chi connectivity index (χ3v) is 4.00. The van der Waals surface area contributed by atoms with E-state index in [2.05, 4.69) is 15.0 Å². The van der Waals surface area contributed by atoms with Crippen LogP contribution in [0.15, 0.2) is 36.9 Å². The van der Waals surface area contributed by atoms with Crippen LogP contribution in [0.3, 0.4) is 0 Å². The van der Waals surface area contributed by atoms with Crippen LogP contribution in [0.2, 0.25) is 0 Å². The Balaban J connectivity index is 1.51. The highest BCUT2D eigenvalue weighted by molar-refractivity contribution is 5.13. The number of β-amino-alcohol motifs (C(OH)–C–C–N with tert-alkyl or cyclic N) is 1. The van der Waals surface area contributed by atoms with E-state index < -0.39 is 6.10 Å². The zero-order chi connectivity index (χ0) is 15.4. The first kappa shape index (κ1) is 15.0. The van der Waals surface area contributed by atoms with E-state index in [-0.39, 0.29) is 6.10 Å². The van der Waals surface area contributed by atoms with Gasteiger partial charge in [-0.3, -0.25) is 14.6 Å². The van der Waals surface area contributed by atoms with Crippen molar-refractivity contribution >= 4 is 0 Å². The predicted octanol–water partition coefficient (Wildman–Crippen LogP) is 0.965. The molecule has 1 aliphatic rings. The van der Waals surface area contributed by atoms with Gasteiger partial charge >= 0.3 is 0 Å². The van der Waals surface area contributed by atoms with Gasteiger partial charge in [0.25, 0.3) is 0 Å². The molecule has 6 heteroatoms. The van der Waals surface area contributed by atoms with Crippen molar-refractivity contribution in [1.29, 1.82) is 0 Å². The topological polar surface area (TPSA) is 63.4 Å². The summed E-state index contributed by atoms with van der Waals surface area (Å²) in [5, 5.41) is 14.4. The molecular formula is C16H22N4O2. The van der Waals surface area contributed by atoms with Gasteiger partial charge in [-0.15, -0.1) is 0 Å². The number of pyridine rings is 1. The standard InChI is InChI=1S/C16H22N4O2/c1-2-20-10-14(9-18-20)22-16-12-19(11-15(16)21)8-5-13-3-6-17-7-4-13/h3-4,6-7,9-10,15-16,21H,2,5,8,11-12H2,1H3/t15-,16-/m1/s1. The molecule has 0 bridgehead atoms. The largest absolute Gasteiger partial charge is 0.483 e. The smallest absolute Gasteiger partial charge is 0.157 e. The van der Waals surface area contributed by atoms with Gasteiger partial charge in [0.1, 0.15) is 12.2 Å². The van der Waals surface area contributed by atoms with Crippen LogP contribution in [0.25, 0.3) is 0 Å². The average molecular weight is 302 g/mol. The maximum absolute atomic E-state index is 10.2. The summed E-state index contributed by atoms with van der Waals surface area (Å²) in [7, 11) is 0. The van der Waals surface area contributed by atoms with Crippen molar-refractivity contribution in [2.24, 2.45) is 0 Å². The summed E-state index contributed by atoms with van der Waals surface area (Å²) in [6.45, 7) is 5.15. The number of ether oxygens (including phenoxy) is 1. The molecule has 0 amide bonds. The Hall–Kier alpha value is -1.92. The summed E-state index contributed by atoms with van der Waals surface area (Å²) >= 11 is 0. The lowest BCUT2D eigenvalue weighted by Crippen LogP contribution is -2.30. The van der Waals surface area contributed by atoms with Crippen molar-refractivity contribution < 1.29 is 9.84 Å². The average Bonchev–Trinajstić information content (AvgIpc) is 3.14. The zero-order valence-corrected chi connectivity index (χ0v) is 12.8. The molecule has 118 valence electrons. The molecule has 0 radical (unpaired) electrons. The molecule has 0 aromatic carbocycles. The molecule has 0 unspecified atom stereocenters. The normalized spacial score (nSPS) is 22.1. The third-order valence-electron chi connectivity index (χ3n) is 4.00. The summed E-state index contributed by atoms with van der Waals surface area (Å²) in [6.07, 6.45) is 7.50. The number of aliphatic hydroxyl groups excluding tert-OH is 1. The van der Waals surface area contributed by atoms with Crippen LogP contribution in [0.1, 0.15) is 12.5 Å². The fraction of sp³-hybridized carbons (Fsp3) is 0.500. The molecule has 2 aromatic heterocycles. The molecule has 3 heterocycles. The van der Waals surface area contributed by atoms with Crippen LogP contribution in [-0.2, 0) is 13.0 Å². The van der Waals surface area contributed by atoms with E-state index in [4.69, 9.17) is 4.74 Å². The lowest BCUT2D eigenvalue weighted by atomic mass is 10.2. The molecule has 0 saturated carbocycles. The predicted molar refractivity (Wildman–Crippen MR) is 82.7 cm³/mol. The molecule has 0 spiro atoms. The summed E-state index contributed by atoms with van der Waals surface area (Å²) in [6, 6.07) is 4.05. The number of aryl methyl sites for hydroxylation is 1. The lowest BCUT2D eigenvalue weighted by molar-refractivity contribution is 0.0736. The Morgan fingerprint density at radius 1 is 1.32 bits per heavy atom. The van der Waals surface area contributed by atoms with E-state index >= 15 is 0 Å². The van der Waals surface area contributed by atoms with Crippen molar-refractivity contribution in [2.45, 2.75) is 32.1 Å². The molecule has 2 atom stereocenters. The SMILES string of the molecule is CCn1cc(O[C@@H]2CN(CCc3ccncc3)C[C@H]2O)cn1. The highest BCUT2D eigenvalue weighted by atomic mass is 16.5. The van der Waals surface area contributed by atoms with Gasteiger partial charge in [-0.2, -0.15) is 5.10 Å². The Bertz CT molecular complexity index is 587. The molecule has 2 aromatic rings. The summed E-state index contributed by atoms with van der Waals surface area (Å²) in [5.74, 6) is 0.724. The van der Waals surface area contributed by atoms with Crippen molar-refractivity contribution in [2.75, 3.05) is 19.6 Å². The van der Waals surface area contributed by atoms with E-state index in [9.17, 15) is 5.11 Å². The minimum atomic E-state index is -0.456. The molecule has 1 N–H and O–H groups in total. The monoisotopic (exact) mass is 302 g/mol. The van der Waals surface area contributed by atoms with Crippen LogP contribution in [0.4, 0.5) is 0 Å². The summed E-state index contributed by atoms with van der Waals surface area (Å²) in [5.41, 5.74) is 1.26. The number of aliphatic hydroxyl groups is 1. The molecule has 0 aliphatic carbocycles. The first-order chi connectivity index (χ1) is 10.7. The number of rotatable bonds is 6. The van der Waals surface area contributed by atoms with Gasteiger partial charge in [-0.25, -0.2) is 0 Å². The van der Waals surface area contributed by atoms with E-state index in [0.29, 0.717) is 6.54 Å². The third kappa shape index (κ3) is 3.64. The number of hydrogen-bond acceptors (Lipinski definition) is 5. The maximum atomic E-state index is 10.2. The molecule has 1 aliphatic heterocycles. The van der Waals surface area contributed by atoms with Crippen LogP contribution in [0, 0.1) is 0 Å². The van der Waals surface area contributed by atoms with Crippen LogP contribution < -0.4 is 4.74 Å². The number of likely N-dealkylation sites (tertiary alicyclic amines) is 1. The van der Waals surface area contributed by atoms with E-state index in [1.54, 1.807) is 6.20 Å². The Kier molecular flexibility index (Phi) is 4.70. The van der Waals surface area contributed by atoms with Gasteiger partial charge in [0.15, 0.2) is 5.75 Å². The molecule has 1 fully saturated rings. The summed E-state index contributed by atoms with van der Waals surface area (Å²) in [4.78, 5) is 6.26. The zero-order valence-electron chi connectivity index (χ0n) is 12.8. The minimum absolute atomic E-state index is 0.188. The van der Waals surface area contributed by atoms with Gasteiger partial charge in [0.2, 0.25) is 0 Å². The lowest BCUT2D eigenvalue weighted by Gasteiger charge is -2.16. The van der Waals surface area contributed by atoms with Gasteiger partial charge in [-0.1, -0.05) is 0 Å². The van der Waals surface area contributed by atoms with Gasteiger partial charge in [0.05, 0.1) is 12.4 Å². The molecule has 6 nitrogen and oxygen atoms in total. The minimum Gasteiger partial charge on any atom is -0.483 e. The Morgan fingerprint density at radius 2 is 2.14 bits per heavy atom. The fourth-order valence-corrected chi connectivity index (χ4v) is 2.72. The first-order valence-electron chi connectivity index (χ1n) is 7.73. The first-order valence-corrected chi connectivity index (χ1v) is 7.73. The van der Waals surface area contributed by atoms with Gasteiger partial charge in [0, 0.05) is 38.6 Å². The Labute approximate surface area is 130 Å². The quantitative estimate of drug-likeness (QED) is 0.861. The Morgan fingerprint density at radius 3 is 2.86 bits per heavy atom. The second-order valence-corrected chi connectivity index (χ2v) is 5.62. The van der Waals surface area contributed by atoms with Crippen LogP contribution in [-0.4, -0.2) is 56.6 Å². The van der Waals surface area contributed by atoms with Crippen molar-refractivity contribution in [3.63, 3.8) is 0 Å². The second kappa shape index (κ2) is 6.89. The molecule has 22 heavy (non-hydrogen) atoms. The second-order valence-electron chi connectivity index (χ2n) is 5.62. The summed E-state index contributed by atoms with van der Waals surface area (Å²) < 4.78 is 7.68.